The van der Waals surface area contributed by atoms with Gasteiger partial charge in [0.1, 0.15) is 11.4 Å². The van der Waals surface area contributed by atoms with Gasteiger partial charge in [-0.05, 0) is 54.9 Å². The van der Waals surface area contributed by atoms with Crippen LogP contribution in [0.25, 0.3) is 0 Å². The second-order valence-corrected chi connectivity index (χ2v) is 14.4. The van der Waals surface area contributed by atoms with E-state index in [2.05, 4.69) is 20.8 Å². The first kappa shape index (κ1) is 31.7. The van der Waals surface area contributed by atoms with Crippen molar-refractivity contribution in [1.82, 2.24) is 0 Å². The minimum absolute atomic E-state index is 0.0292. The highest BCUT2D eigenvalue weighted by molar-refractivity contribution is 5.93. The second-order valence-electron chi connectivity index (χ2n) is 14.4. The zero-order valence-corrected chi connectivity index (χ0v) is 25.8. The van der Waals surface area contributed by atoms with Crippen LogP contribution in [0.15, 0.2) is 11.6 Å². The highest BCUT2D eigenvalue weighted by Gasteiger charge is 2.77. The highest BCUT2D eigenvalue weighted by Crippen LogP contribution is 2.72. The molecule has 6 nitrogen and oxygen atoms in total. The molecule has 3 fully saturated rings. The Morgan fingerprint density at radius 1 is 1.00 bits per heavy atom. The number of rotatable bonds is 14. The van der Waals surface area contributed by atoms with Crippen molar-refractivity contribution in [3.8, 4) is 0 Å². The van der Waals surface area contributed by atoms with Crippen molar-refractivity contribution < 1.29 is 29.6 Å². The number of hydrogen-bond acceptors (Lipinski definition) is 6. The molecule has 0 amide bonds. The Labute approximate surface area is 242 Å². The summed E-state index contributed by atoms with van der Waals surface area (Å²) in [6.07, 6.45) is 13.9. The maximum Gasteiger partial charge on any atom is 0.306 e. The predicted octanol–water partition coefficient (Wildman–Crippen LogP) is 6.15. The summed E-state index contributed by atoms with van der Waals surface area (Å²) < 4.78 is 5.96. The monoisotopic (exact) mass is 560 g/mol. The molecular weight excluding hydrogens is 504 g/mol. The molecule has 0 aromatic carbocycles. The fraction of sp³-hybridized carbons (Fsp3) is 0.882. The lowest BCUT2D eigenvalue weighted by molar-refractivity contribution is -0.216. The van der Waals surface area contributed by atoms with Gasteiger partial charge in [-0.3, -0.25) is 9.59 Å². The Morgan fingerprint density at radius 3 is 2.15 bits per heavy atom. The quantitative estimate of drug-likeness (QED) is 0.134. The van der Waals surface area contributed by atoms with Gasteiger partial charge in [-0.1, -0.05) is 98.0 Å². The zero-order valence-electron chi connectivity index (χ0n) is 25.8. The number of ketones is 1. The van der Waals surface area contributed by atoms with Gasteiger partial charge in [0, 0.05) is 24.9 Å². The topological polar surface area (TPSA) is 104 Å². The number of esters is 1. The van der Waals surface area contributed by atoms with Gasteiger partial charge in [-0.25, -0.2) is 0 Å². The summed E-state index contributed by atoms with van der Waals surface area (Å²) in [6.45, 7) is 10.1. The summed E-state index contributed by atoms with van der Waals surface area (Å²) in [4.78, 5) is 27.5. The van der Waals surface area contributed by atoms with Crippen LogP contribution in [0.1, 0.15) is 125 Å². The third-order valence-corrected chi connectivity index (χ3v) is 11.6. The minimum Gasteiger partial charge on any atom is -0.455 e. The van der Waals surface area contributed by atoms with E-state index in [1.165, 1.54) is 51.4 Å². The first-order valence-electron chi connectivity index (χ1n) is 16.4. The predicted molar refractivity (Wildman–Crippen MR) is 156 cm³/mol. The van der Waals surface area contributed by atoms with Gasteiger partial charge in [0.05, 0.1) is 11.5 Å². The molecule has 2 bridgehead atoms. The number of fused-ring (bicyclic) bond motifs is 3. The van der Waals surface area contributed by atoms with E-state index in [4.69, 9.17) is 4.74 Å². The van der Waals surface area contributed by atoms with Crippen molar-refractivity contribution in [2.75, 3.05) is 6.61 Å². The molecule has 0 aliphatic heterocycles. The molecule has 0 radical (unpaired) electrons. The van der Waals surface area contributed by atoms with Crippen LogP contribution >= 0.6 is 0 Å². The molecule has 0 heterocycles. The summed E-state index contributed by atoms with van der Waals surface area (Å²) >= 11 is 0. The molecule has 3 saturated carbocycles. The molecule has 4 aliphatic carbocycles. The number of aliphatic hydroxyl groups excluding tert-OH is 2. The molecule has 6 heteroatoms. The van der Waals surface area contributed by atoms with Crippen molar-refractivity contribution in [3.63, 3.8) is 0 Å². The van der Waals surface area contributed by atoms with Gasteiger partial charge >= 0.3 is 5.97 Å². The van der Waals surface area contributed by atoms with Crippen molar-refractivity contribution in [2.24, 2.45) is 40.4 Å². The third kappa shape index (κ3) is 5.35. The molecule has 4 rings (SSSR count). The third-order valence-electron chi connectivity index (χ3n) is 11.6. The van der Waals surface area contributed by atoms with E-state index in [9.17, 15) is 24.9 Å². The number of unbranched alkanes of at least 4 members (excludes halogenated alkanes) is 10. The first-order valence-corrected chi connectivity index (χ1v) is 16.4. The normalized spacial score (nSPS) is 39.5. The highest BCUT2D eigenvalue weighted by atomic mass is 16.6. The number of carbonyl (C=O) groups excluding carboxylic acids is 2. The van der Waals surface area contributed by atoms with Crippen LogP contribution in [-0.4, -0.2) is 51.5 Å². The van der Waals surface area contributed by atoms with Gasteiger partial charge in [0.2, 0.25) is 0 Å². The van der Waals surface area contributed by atoms with E-state index in [1.807, 2.05) is 13.0 Å². The van der Waals surface area contributed by atoms with Crippen LogP contribution in [-0.2, 0) is 14.3 Å². The van der Waals surface area contributed by atoms with Crippen LogP contribution < -0.4 is 0 Å². The molecule has 228 valence electrons. The Hall–Kier alpha value is -1.24. The van der Waals surface area contributed by atoms with E-state index >= 15 is 0 Å². The maximum atomic E-state index is 14.4. The molecule has 2 unspecified atom stereocenters. The van der Waals surface area contributed by atoms with E-state index < -0.39 is 35.1 Å². The smallest absolute Gasteiger partial charge is 0.306 e. The van der Waals surface area contributed by atoms with E-state index in [-0.39, 0.29) is 42.0 Å². The van der Waals surface area contributed by atoms with E-state index in [0.717, 1.165) is 25.7 Å². The Balaban J connectivity index is 1.39. The van der Waals surface area contributed by atoms with E-state index in [1.54, 1.807) is 6.92 Å². The fourth-order valence-corrected chi connectivity index (χ4v) is 9.18. The van der Waals surface area contributed by atoms with Crippen molar-refractivity contribution in [2.45, 2.75) is 142 Å². The van der Waals surface area contributed by atoms with Crippen LogP contribution in [0.5, 0.6) is 0 Å². The summed E-state index contributed by atoms with van der Waals surface area (Å²) in [5.74, 6) is -1.10. The van der Waals surface area contributed by atoms with Crippen LogP contribution in [0.2, 0.25) is 0 Å². The molecule has 0 aromatic rings. The van der Waals surface area contributed by atoms with Gasteiger partial charge in [-0.2, -0.15) is 0 Å². The second kappa shape index (κ2) is 12.6. The largest absolute Gasteiger partial charge is 0.455 e. The van der Waals surface area contributed by atoms with Crippen LogP contribution in [0.4, 0.5) is 0 Å². The minimum atomic E-state index is -1.98. The molecule has 40 heavy (non-hydrogen) atoms. The maximum absolute atomic E-state index is 14.4. The van der Waals surface area contributed by atoms with Gasteiger partial charge < -0.3 is 20.1 Å². The molecule has 3 N–H and O–H groups in total. The number of hydrogen-bond donors (Lipinski definition) is 3. The molecular formula is C34H56O6. The average molecular weight is 561 g/mol. The number of ether oxygens (including phenoxy) is 1. The first-order chi connectivity index (χ1) is 19.0. The SMILES string of the molecule is CCCCCCCCCCCCCC(=O)O[C@H]1C(C)=C[C@]23C(=O)[C@@H](CC(CO)[C@@H](O)[C@]12O)[C@H]1C(C[C@H]3C)C1(C)C. The molecule has 4 aliphatic rings. The zero-order chi connectivity index (χ0) is 29.3. The molecule has 0 aromatic heterocycles. The summed E-state index contributed by atoms with van der Waals surface area (Å²) in [7, 11) is 0. The Bertz CT molecular complexity index is 941. The van der Waals surface area contributed by atoms with Crippen molar-refractivity contribution >= 4 is 11.8 Å². The average Bonchev–Trinajstić information content (AvgIpc) is 3.40. The summed E-state index contributed by atoms with van der Waals surface area (Å²) in [6, 6.07) is 0. The van der Waals surface area contributed by atoms with Crippen LogP contribution in [0, 0.1) is 40.4 Å². The standard InChI is InChI=1S/C34H56O6/c1-6-7-8-9-10-11-12-13-14-15-16-17-27(36)40-31-22(2)20-33-23(3)18-26-28(32(26,4)5)25(30(33)38)19-24(21-35)29(37)34(31,33)39/h20,23-26,28-29,31,35,37,39H,6-19,21H2,1-5H3/t23-,24?,25+,26?,28+,29-,31+,33+,34+/m1/s1. The molecule has 1 spiro atoms. The lowest BCUT2D eigenvalue weighted by Gasteiger charge is -2.49. The Kier molecular flexibility index (Phi) is 9.94. The summed E-state index contributed by atoms with van der Waals surface area (Å²) in [5, 5.41) is 34.4. The lowest BCUT2D eigenvalue weighted by atomic mass is 9.59. The fourth-order valence-electron chi connectivity index (χ4n) is 9.18. The Morgan fingerprint density at radius 2 is 1.57 bits per heavy atom. The van der Waals surface area contributed by atoms with Crippen molar-refractivity contribution in [1.29, 1.82) is 0 Å². The van der Waals surface area contributed by atoms with Gasteiger partial charge in [0.15, 0.2) is 6.10 Å². The summed E-state index contributed by atoms with van der Waals surface area (Å²) in [5.41, 5.74) is -2.65. The van der Waals surface area contributed by atoms with Gasteiger partial charge in [-0.15, -0.1) is 0 Å². The van der Waals surface area contributed by atoms with Gasteiger partial charge in [0.25, 0.3) is 0 Å². The van der Waals surface area contributed by atoms with Crippen molar-refractivity contribution in [3.05, 3.63) is 11.6 Å². The molecule has 9 atom stereocenters. The molecule has 0 saturated heterocycles. The number of aliphatic hydroxyl groups is 3. The number of carbonyl (C=O) groups is 2. The lowest BCUT2D eigenvalue weighted by Crippen LogP contribution is -2.66. The number of Topliss-reactive ketones (excluding diaryl/α,β-unsaturated/α-hetero) is 1. The van der Waals surface area contributed by atoms with E-state index in [0.29, 0.717) is 17.9 Å². The van der Waals surface area contributed by atoms with Crippen LogP contribution in [0.3, 0.4) is 0 Å².